The van der Waals surface area contributed by atoms with Crippen LogP contribution in [0.5, 0.6) is 11.5 Å². The van der Waals surface area contributed by atoms with Gasteiger partial charge in [0.2, 0.25) is 11.8 Å². The number of thioether (sulfide) groups is 1. The van der Waals surface area contributed by atoms with Gasteiger partial charge in [-0.15, -0.1) is 11.8 Å². The van der Waals surface area contributed by atoms with Crippen molar-refractivity contribution in [1.82, 2.24) is 10.1 Å². The van der Waals surface area contributed by atoms with Gasteiger partial charge in [-0.3, -0.25) is 9.59 Å². The molecule has 3 aromatic rings. The van der Waals surface area contributed by atoms with Gasteiger partial charge in [0.05, 0.1) is 31.8 Å². The molecule has 178 valence electrons. The third-order valence-corrected chi connectivity index (χ3v) is 6.58. The SMILES string of the molecule is COc1cc2c(cc1OC)C(c1ccccc1)N(C(=O)CSCC(=O)Nc1cc(C)on1)CC2. The Morgan fingerprint density at radius 3 is 2.53 bits per heavy atom. The van der Waals surface area contributed by atoms with Crippen molar-refractivity contribution in [2.45, 2.75) is 19.4 Å². The zero-order valence-electron chi connectivity index (χ0n) is 19.4. The number of nitrogens with zero attached hydrogens (tertiary/aromatic N) is 2. The maximum absolute atomic E-state index is 13.3. The van der Waals surface area contributed by atoms with Gasteiger partial charge in [-0.05, 0) is 42.2 Å². The summed E-state index contributed by atoms with van der Waals surface area (Å²) in [7, 11) is 3.23. The van der Waals surface area contributed by atoms with Crippen molar-refractivity contribution in [3.8, 4) is 11.5 Å². The highest BCUT2D eigenvalue weighted by Crippen LogP contribution is 2.41. The van der Waals surface area contributed by atoms with Gasteiger partial charge in [0, 0.05) is 12.6 Å². The number of nitrogens with one attached hydrogen (secondary N) is 1. The molecule has 1 aliphatic rings. The Morgan fingerprint density at radius 1 is 1.12 bits per heavy atom. The number of anilines is 1. The van der Waals surface area contributed by atoms with Crippen LogP contribution >= 0.6 is 11.8 Å². The lowest BCUT2D eigenvalue weighted by molar-refractivity contribution is -0.130. The van der Waals surface area contributed by atoms with Crippen LogP contribution in [-0.4, -0.2) is 54.1 Å². The van der Waals surface area contributed by atoms with Crippen LogP contribution in [0.3, 0.4) is 0 Å². The van der Waals surface area contributed by atoms with E-state index in [1.807, 2.05) is 47.4 Å². The minimum absolute atomic E-state index is 0.0237. The minimum Gasteiger partial charge on any atom is -0.493 e. The Morgan fingerprint density at radius 2 is 1.85 bits per heavy atom. The van der Waals surface area contributed by atoms with Crippen molar-refractivity contribution in [2.24, 2.45) is 0 Å². The third kappa shape index (κ3) is 5.20. The fourth-order valence-corrected chi connectivity index (χ4v) is 4.83. The summed E-state index contributed by atoms with van der Waals surface area (Å²) in [5, 5.41) is 6.42. The standard InChI is InChI=1S/C25H27N3O5S/c1-16-11-22(27-33-16)26-23(29)14-34-15-24(30)28-10-9-18-12-20(31-2)21(32-3)13-19(18)25(28)17-7-5-4-6-8-17/h4-8,11-13,25H,9-10,14-15H2,1-3H3,(H,26,27,29). The smallest absolute Gasteiger partial charge is 0.235 e. The molecule has 0 saturated carbocycles. The summed E-state index contributed by atoms with van der Waals surface area (Å²) in [6, 6.07) is 15.3. The third-order valence-electron chi connectivity index (χ3n) is 5.66. The molecule has 1 aliphatic heterocycles. The lowest BCUT2D eigenvalue weighted by Crippen LogP contribution is -2.41. The predicted octanol–water partition coefficient (Wildman–Crippen LogP) is 3.85. The molecule has 0 aliphatic carbocycles. The number of carbonyl (C=O) groups is 2. The van der Waals surface area contributed by atoms with Crippen LogP contribution in [0.15, 0.2) is 53.1 Å². The zero-order valence-corrected chi connectivity index (χ0v) is 20.2. The summed E-state index contributed by atoms with van der Waals surface area (Å²) >= 11 is 1.28. The second kappa shape index (κ2) is 10.6. The average Bonchev–Trinajstić information content (AvgIpc) is 3.26. The number of amides is 2. The zero-order chi connectivity index (χ0) is 24.1. The van der Waals surface area contributed by atoms with Gasteiger partial charge in [0.1, 0.15) is 5.76 Å². The maximum Gasteiger partial charge on any atom is 0.235 e. The minimum atomic E-state index is -0.246. The Hall–Kier alpha value is -3.46. The molecule has 0 spiro atoms. The largest absolute Gasteiger partial charge is 0.493 e. The van der Waals surface area contributed by atoms with E-state index in [9.17, 15) is 9.59 Å². The first kappa shape index (κ1) is 23.7. The van der Waals surface area contributed by atoms with Gasteiger partial charge >= 0.3 is 0 Å². The molecular weight excluding hydrogens is 454 g/mol. The van der Waals surface area contributed by atoms with E-state index in [2.05, 4.69) is 10.5 Å². The fraction of sp³-hybridized carbons (Fsp3) is 0.320. The van der Waals surface area contributed by atoms with Crippen molar-refractivity contribution in [3.63, 3.8) is 0 Å². The Labute approximate surface area is 202 Å². The lowest BCUT2D eigenvalue weighted by Gasteiger charge is -2.38. The predicted molar refractivity (Wildman–Crippen MR) is 130 cm³/mol. The second-order valence-corrected chi connectivity index (χ2v) is 8.91. The Bertz CT molecular complexity index is 1160. The van der Waals surface area contributed by atoms with E-state index >= 15 is 0 Å². The number of aryl methyl sites for hydroxylation is 1. The normalized spacial score (nSPS) is 14.9. The molecule has 34 heavy (non-hydrogen) atoms. The van der Waals surface area contributed by atoms with Gasteiger partial charge in [-0.1, -0.05) is 35.5 Å². The van der Waals surface area contributed by atoms with Crippen LogP contribution in [0.25, 0.3) is 0 Å². The lowest BCUT2D eigenvalue weighted by atomic mass is 9.87. The van der Waals surface area contributed by atoms with E-state index in [4.69, 9.17) is 14.0 Å². The van der Waals surface area contributed by atoms with E-state index in [1.165, 1.54) is 11.8 Å². The monoisotopic (exact) mass is 481 g/mol. The van der Waals surface area contributed by atoms with Crippen molar-refractivity contribution in [1.29, 1.82) is 0 Å². The van der Waals surface area contributed by atoms with E-state index < -0.39 is 0 Å². The quantitative estimate of drug-likeness (QED) is 0.522. The molecule has 4 rings (SSSR count). The maximum atomic E-state index is 13.3. The second-order valence-electron chi connectivity index (χ2n) is 7.92. The van der Waals surface area contributed by atoms with Crippen molar-refractivity contribution < 1.29 is 23.6 Å². The molecule has 1 unspecified atom stereocenters. The molecule has 2 aromatic carbocycles. The first-order chi connectivity index (χ1) is 16.5. The van der Waals surface area contributed by atoms with Crippen molar-refractivity contribution in [2.75, 3.05) is 37.6 Å². The Balaban J connectivity index is 1.50. The summed E-state index contributed by atoms with van der Waals surface area (Å²) in [5.41, 5.74) is 3.17. The number of benzene rings is 2. The van der Waals surface area contributed by atoms with E-state index in [0.29, 0.717) is 36.0 Å². The van der Waals surface area contributed by atoms with Crippen LogP contribution in [-0.2, 0) is 16.0 Å². The number of ether oxygens (including phenoxy) is 2. The molecule has 0 saturated heterocycles. The number of hydrogen-bond acceptors (Lipinski definition) is 7. The Kier molecular flexibility index (Phi) is 7.42. The number of fused-ring (bicyclic) bond motifs is 1. The van der Waals surface area contributed by atoms with E-state index in [-0.39, 0.29) is 29.4 Å². The molecule has 2 heterocycles. The molecular formula is C25H27N3O5S. The van der Waals surface area contributed by atoms with Gasteiger partial charge in [-0.25, -0.2) is 0 Å². The van der Waals surface area contributed by atoms with E-state index in [1.54, 1.807) is 27.2 Å². The first-order valence-electron chi connectivity index (χ1n) is 10.9. The van der Waals surface area contributed by atoms with Gasteiger partial charge in [-0.2, -0.15) is 0 Å². The van der Waals surface area contributed by atoms with Crippen LogP contribution < -0.4 is 14.8 Å². The van der Waals surface area contributed by atoms with Gasteiger partial charge in [0.15, 0.2) is 17.3 Å². The van der Waals surface area contributed by atoms with Crippen LogP contribution in [0.1, 0.15) is 28.5 Å². The highest BCUT2D eigenvalue weighted by molar-refractivity contribution is 8.00. The van der Waals surface area contributed by atoms with E-state index in [0.717, 1.165) is 16.7 Å². The molecule has 0 bridgehead atoms. The molecule has 2 amide bonds. The first-order valence-corrected chi connectivity index (χ1v) is 12.1. The summed E-state index contributed by atoms with van der Waals surface area (Å²) < 4.78 is 16.0. The number of methoxy groups -OCH3 is 2. The number of carbonyl (C=O) groups excluding carboxylic acids is 2. The fourth-order valence-electron chi connectivity index (χ4n) is 4.13. The van der Waals surface area contributed by atoms with Gasteiger partial charge < -0.3 is 24.2 Å². The van der Waals surface area contributed by atoms with Crippen molar-refractivity contribution >= 4 is 29.4 Å². The molecule has 1 N–H and O–H groups in total. The van der Waals surface area contributed by atoms with Crippen LogP contribution in [0.2, 0.25) is 0 Å². The molecule has 1 aromatic heterocycles. The molecule has 0 radical (unpaired) electrons. The topological polar surface area (TPSA) is 93.9 Å². The molecule has 9 heteroatoms. The summed E-state index contributed by atoms with van der Waals surface area (Å²) in [6.45, 7) is 2.33. The van der Waals surface area contributed by atoms with Crippen LogP contribution in [0.4, 0.5) is 5.82 Å². The highest BCUT2D eigenvalue weighted by atomic mass is 32.2. The van der Waals surface area contributed by atoms with Crippen molar-refractivity contribution in [3.05, 3.63) is 71.0 Å². The number of hydrogen-bond donors (Lipinski definition) is 1. The summed E-state index contributed by atoms with van der Waals surface area (Å²) in [6.07, 6.45) is 0.710. The molecule has 1 atom stereocenters. The summed E-state index contributed by atoms with van der Waals surface area (Å²) in [4.78, 5) is 27.4. The van der Waals surface area contributed by atoms with Crippen LogP contribution in [0, 0.1) is 6.92 Å². The number of rotatable bonds is 8. The van der Waals surface area contributed by atoms with Gasteiger partial charge in [0.25, 0.3) is 0 Å². The average molecular weight is 482 g/mol. The molecule has 0 fully saturated rings. The highest BCUT2D eigenvalue weighted by Gasteiger charge is 2.33. The molecule has 8 nitrogen and oxygen atoms in total. The number of aromatic nitrogens is 1. The summed E-state index contributed by atoms with van der Waals surface area (Å²) in [5.74, 6) is 2.37.